The average molecular weight is 255 g/mol. The van der Waals surface area contributed by atoms with E-state index < -0.39 is 11.5 Å². The number of carbonyl (C=O) groups excluding carboxylic acids is 1. The number of benzene rings is 1. The monoisotopic (exact) mass is 254 g/mol. The normalized spacial score (nSPS) is 12.8. The minimum atomic E-state index is -1.29. The van der Waals surface area contributed by atoms with E-state index >= 15 is 0 Å². The standard InChI is InChI=1S/C12H14N2O2.ClH/c1-3-16-11(15)12(2,14)10-7-5-4-6-9(10)8-13;/h4-7H,3,14H2,1-2H3;1H/t12-;/m1./s1. The summed E-state index contributed by atoms with van der Waals surface area (Å²) in [5.41, 5.74) is 5.50. The van der Waals surface area contributed by atoms with Gasteiger partial charge in [0.25, 0.3) is 0 Å². The van der Waals surface area contributed by atoms with E-state index in [1.54, 1.807) is 38.1 Å². The molecule has 0 spiro atoms. The molecule has 2 N–H and O–H groups in total. The number of ether oxygens (including phenoxy) is 1. The molecule has 0 aliphatic carbocycles. The minimum Gasteiger partial charge on any atom is -0.464 e. The zero-order chi connectivity index (χ0) is 12.2. The van der Waals surface area contributed by atoms with Crippen molar-refractivity contribution < 1.29 is 9.53 Å². The van der Waals surface area contributed by atoms with Gasteiger partial charge in [-0.2, -0.15) is 5.26 Å². The van der Waals surface area contributed by atoms with E-state index in [4.69, 9.17) is 15.7 Å². The topological polar surface area (TPSA) is 76.1 Å². The molecule has 0 saturated carbocycles. The molecular weight excluding hydrogens is 240 g/mol. The van der Waals surface area contributed by atoms with Gasteiger partial charge in [0.05, 0.1) is 18.2 Å². The Labute approximate surface area is 107 Å². The van der Waals surface area contributed by atoms with Gasteiger partial charge in [-0.25, -0.2) is 4.79 Å². The highest BCUT2D eigenvalue weighted by Gasteiger charge is 2.34. The first-order valence-electron chi connectivity index (χ1n) is 4.99. The molecule has 1 aromatic carbocycles. The Bertz CT molecular complexity index is 438. The van der Waals surface area contributed by atoms with Gasteiger partial charge in [-0.05, 0) is 19.9 Å². The largest absolute Gasteiger partial charge is 0.464 e. The van der Waals surface area contributed by atoms with Crippen LogP contribution in [-0.4, -0.2) is 12.6 Å². The van der Waals surface area contributed by atoms with Crippen molar-refractivity contribution in [2.45, 2.75) is 19.4 Å². The molecule has 0 fully saturated rings. The zero-order valence-electron chi connectivity index (χ0n) is 9.77. The van der Waals surface area contributed by atoms with Crippen LogP contribution in [0, 0.1) is 11.3 Å². The van der Waals surface area contributed by atoms with Crippen LogP contribution in [0.15, 0.2) is 24.3 Å². The number of hydrogen-bond donors (Lipinski definition) is 1. The lowest BCUT2D eigenvalue weighted by Crippen LogP contribution is -2.43. The molecule has 0 aliphatic rings. The number of halogens is 1. The van der Waals surface area contributed by atoms with Gasteiger partial charge in [0.15, 0.2) is 0 Å². The van der Waals surface area contributed by atoms with Crippen molar-refractivity contribution in [3.8, 4) is 6.07 Å². The summed E-state index contributed by atoms with van der Waals surface area (Å²) in [5, 5.41) is 8.94. The molecule has 92 valence electrons. The number of carbonyl (C=O) groups is 1. The molecule has 1 atom stereocenters. The molecule has 5 heteroatoms. The molecule has 4 nitrogen and oxygen atoms in total. The lowest BCUT2D eigenvalue weighted by Gasteiger charge is -2.23. The maximum absolute atomic E-state index is 11.7. The van der Waals surface area contributed by atoms with Gasteiger partial charge in [0.2, 0.25) is 0 Å². The predicted octanol–water partition coefficient (Wildman–Crippen LogP) is 1.72. The lowest BCUT2D eigenvalue weighted by atomic mass is 9.89. The molecule has 1 rings (SSSR count). The van der Waals surface area contributed by atoms with Gasteiger partial charge < -0.3 is 10.5 Å². The Kier molecular flexibility index (Phi) is 5.66. The summed E-state index contributed by atoms with van der Waals surface area (Å²) in [4.78, 5) is 11.7. The maximum atomic E-state index is 11.7. The van der Waals surface area contributed by atoms with Gasteiger partial charge >= 0.3 is 5.97 Å². The van der Waals surface area contributed by atoms with Crippen LogP contribution in [0.4, 0.5) is 0 Å². The molecule has 0 bridgehead atoms. The number of nitriles is 1. The highest BCUT2D eigenvalue weighted by molar-refractivity contribution is 5.85. The fraction of sp³-hybridized carbons (Fsp3) is 0.333. The molecule has 0 aromatic heterocycles. The molecule has 17 heavy (non-hydrogen) atoms. The van der Waals surface area contributed by atoms with Gasteiger partial charge in [0, 0.05) is 5.56 Å². The van der Waals surface area contributed by atoms with E-state index in [9.17, 15) is 4.79 Å². The van der Waals surface area contributed by atoms with E-state index in [0.717, 1.165) is 0 Å². The van der Waals surface area contributed by atoms with Crippen molar-refractivity contribution in [1.82, 2.24) is 0 Å². The summed E-state index contributed by atoms with van der Waals surface area (Å²) < 4.78 is 4.89. The summed E-state index contributed by atoms with van der Waals surface area (Å²) in [6, 6.07) is 8.76. The number of hydrogen-bond acceptors (Lipinski definition) is 4. The predicted molar refractivity (Wildman–Crippen MR) is 66.6 cm³/mol. The second-order valence-corrected chi connectivity index (χ2v) is 3.58. The number of nitrogens with zero attached hydrogens (tertiary/aromatic N) is 1. The van der Waals surface area contributed by atoms with E-state index in [2.05, 4.69) is 0 Å². The number of nitrogens with two attached hydrogens (primary N) is 1. The van der Waals surface area contributed by atoms with Crippen LogP contribution >= 0.6 is 12.4 Å². The quantitative estimate of drug-likeness (QED) is 0.834. The third kappa shape index (κ3) is 3.19. The number of rotatable bonds is 3. The van der Waals surface area contributed by atoms with E-state index in [1.165, 1.54) is 0 Å². The maximum Gasteiger partial charge on any atom is 0.330 e. The third-order valence-electron chi connectivity index (χ3n) is 2.31. The Hall–Kier alpha value is -1.57. The van der Waals surface area contributed by atoms with Crippen LogP contribution in [-0.2, 0) is 15.1 Å². The molecule has 0 heterocycles. The minimum absolute atomic E-state index is 0. The van der Waals surface area contributed by atoms with Crippen LogP contribution < -0.4 is 5.73 Å². The van der Waals surface area contributed by atoms with Crippen molar-refractivity contribution >= 4 is 18.4 Å². The lowest BCUT2D eigenvalue weighted by molar-refractivity contribution is -0.149. The molecule has 0 radical (unpaired) electrons. The van der Waals surface area contributed by atoms with E-state index in [0.29, 0.717) is 11.1 Å². The smallest absolute Gasteiger partial charge is 0.330 e. The van der Waals surface area contributed by atoms with E-state index in [-0.39, 0.29) is 19.0 Å². The second-order valence-electron chi connectivity index (χ2n) is 3.58. The first-order valence-corrected chi connectivity index (χ1v) is 4.99. The first-order chi connectivity index (χ1) is 7.54. The Balaban J connectivity index is 0.00000256. The summed E-state index contributed by atoms with van der Waals surface area (Å²) in [6.07, 6.45) is 0. The van der Waals surface area contributed by atoms with Crippen LogP contribution in [0.5, 0.6) is 0 Å². The third-order valence-corrected chi connectivity index (χ3v) is 2.31. The molecule has 1 aromatic rings. The molecule has 0 saturated heterocycles. The number of esters is 1. The molecule has 0 aliphatic heterocycles. The van der Waals surface area contributed by atoms with Crippen molar-refractivity contribution in [2.75, 3.05) is 6.61 Å². The van der Waals surface area contributed by atoms with Crippen molar-refractivity contribution in [3.63, 3.8) is 0 Å². The zero-order valence-corrected chi connectivity index (χ0v) is 10.6. The average Bonchev–Trinajstić information content (AvgIpc) is 2.29. The van der Waals surface area contributed by atoms with E-state index in [1.807, 2.05) is 6.07 Å². The Morgan fingerprint density at radius 3 is 2.65 bits per heavy atom. The molecule has 0 amide bonds. The fourth-order valence-corrected chi connectivity index (χ4v) is 1.42. The van der Waals surface area contributed by atoms with Gasteiger partial charge in [-0.1, -0.05) is 18.2 Å². The van der Waals surface area contributed by atoms with Crippen LogP contribution in [0.25, 0.3) is 0 Å². The van der Waals surface area contributed by atoms with Crippen molar-refractivity contribution in [1.29, 1.82) is 5.26 Å². The SMILES string of the molecule is CCOC(=O)[C@](C)(N)c1ccccc1C#N.Cl. The summed E-state index contributed by atoms with van der Waals surface area (Å²) >= 11 is 0. The highest BCUT2D eigenvalue weighted by Crippen LogP contribution is 2.22. The van der Waals surface area contributed by atoms with Gasteiger partial charge in [0.1, 0.15) is 5.54 Å². The van der Waals surface area contributed by atoms with Gasteiger partial charge in [-0.3, -0.25) is 0 Å². The Morgan fingerprint density at radius 1 is 1.53 bits per heavy atom. The van der Waals surface area contributed by atoms with Crippen LogP contribution in [0.2, 0.25) is 0 Å². The summed E-state index contributed by atoms with van der Waals surface area (Å²) in [7, 11) is 0. The van der Waals surface area contributed by atoms with Gasteiger partial charge in [-0.15, -0.1) is 12.4 Å². The second kappa shape index (κ2) is 6.24. The van der Waals surface area contributed by atoms with Crippen molar-refractivity contribution in [2.24, 2.45) is 5.73 Å². The van der Waals surface area contributed by atoms with Crippen molar-refractivity contribution in [3.05, 3.63) is 35.4 Å². The summed E-state index contributed by atoms with van der Waals surface area (Å²) in [6.45, 7) is 3.52. The van der Waals surface area contributed by atoms with Crippen LogP contribution in [0.1, 0.15) is 25.0 Å². The molecular formula is C12H15ClN2O2. The summed E-state index contributed by atoms with van der Waals surface area (Å²) in [5.74, 6) is -0.530. The van der Waals surface area contributed by atoms with Crippen LogP contribution in [0.3, 0.4) is 0 Å². The first kappa shape index (κ1) is 15.4. The molecule has 0 unspecified atom stereocenters. The Morgan fingerprint density at radius 2 is 2.12 bits per heavy atom. The fourth-order valence-electron chi connectivity index (χ4n) is 1.42. The highest BCUT2D eigenvalue weighted by atomic mass is 35.5.